The Balaban J connectivity index is 1.41. The van der Waals surface area contributed by atoms with Gasteiger partial charge in [-0.25, -0.2) is 0 Å². The van der Waals surface area contributed by atoms with Gasteiger partial charge < -0.3 is 19.9 Å². The number of benzene rings is 1. The number of amides is 1. The van der Waals surface area contributed by atoms with Crippen LogP contribution in [0.5, 0.6) is 0 Å². The summed E-state index contributed by atoms with van der Waals surface area (Å²) in [6.45, 7) is 0. The summed E-state index contributed by atoms with van der Waals surface area (Å²) < 4.78 is 5.31. The number of allylic oxidation sites excluding steroid dienone is 2. The van der Waals surface area contributed by atoms with Crippen LogP contribution in [-0.4, -0.2) is 48.1 Å². The number of nitrogens with one attached hydrogen (secondary N) is 2. The largest absolute Gasteiger partial charge is 0.491 e. The van der Waals surface area contributed by atoms with E-state index in [1.165, 1.54) is 20.0 Å². The molecule has 2 atom stereocenters. The predicted octanol–water partition coefficient (Wildman–Crippen LogP) is 4.76. The molecule has 1 aromatic carbocycles. The van der Waals surface area contributed by atoms with Gasteiger partial charge in [-0.05, 0) is 63.1 Å². The van der Waals surface area contributed by atoms with Crippen LogP contribution >= 0.6 is 23.2 Å². The number of carbonyl (C=O) groups is 1. The van der Waals surface area contributed by atoms with Crippen molar-refractivity contribution in [2.24, 2.45) is 0 Å². The highest BCUT2D eigenvalue weighted by Gasteiger charge is 2.39. The Labute approximate surface area is 180 Å². The number of fused-ring (bicyclic) bond motifs is 3. The molecule has 154 valence electrons. The van der Waals surface area contributed by atoms with Crippen molar-refractivity contribution < 1.29 is 9.53 Å². The van der Waals surface area contributed by atoms with Crippen LogP contribution in [-0.2, 0) is 9.53 Å². The van der Waals surface area contributed by atoms with Gasteiger partial charge in [0.25, 0.3) is 5.91 Å². The van der Waals surface area contributed by atoms with Crippen molar-refractivity contribution in [2.45, 2.75) is 43.8 Å². The number of ether oxygens (including phenoxy) is 1. The lowest BCUT2D eigenvalue weighted by Crippen LogP contribution is -2.49. The normalized spacial score (nSPS) is 25.1. The number of aromatic amines is 1. The first-order chi connectivity index (χ1) is 13.9. The van der Waals surface area contributed by atoms with Gasteiger partial charge in [0, 0.05) is 34.7 Å². The van der Waals surface area contributed by atoms with Gasteiger partial charge in [-0.3, -0.25) is 4.79 Å². The molecule has 0 aliphatic carbocycles. The molecule has 2 N–H and O–H groups in total. The molecular formula is C22H25Cl2N3O2. The summed E-state index contributed by atoms with van der Waals surface area (Å²) in [5.74, 6) is 0.135. The fraction of sp³-hybridized carbons (Fsp3) is 0.409. The maximum absolute atomic E-state index is 12.6. The summed E-state index contributed by atoms with van der Waals surface area (Å²) in [5.41, 5.74) is 1.79. The molecule has 2 aliphatic rings. The van der Waals surface area contributed by atoms with Gasteiger partial charge >= 0.3 is 0 Å². The van der Waals surface area contributed by atoms with E-state index in [0.717, 1.165) is 29.4 Å². The molecule has 29 heavy (non-hydrogen) atoms. The second-order valence-electron chi connectivity index (χ2n) is 7.86. The number of carbonyl (C=O) groups excluding carboxylic acids is 1. The van der Waals surface area contributed by atoms with E-state index in [1.54, 1.807) is 18.2 Å². The summed E-state index contributed by atoms with van der Waals surface area (Å²) in [4.78, 5) is 18.4. The molecular weight excluding hydrogens is 409 g/mol. The van der Waals surface area contributed by atoms with Gasteiger partial charge in [0.2, 0.25) is 0 Å². The van der Waals surface area contributed by atoms with Gasteiger partial charge in [-0.15, -0.1) is 0 Å². The zero-order valence-electron chi connectivity index (χ0n) is 16.5. The number of nitrogens with zero attached hydrogens (tertiary/aromatic N) is 1. The lowest BCUT2D eigenvalue weighted by Gasteiger charge is -2.36. The number of methoxy groups -OCH3 is 1. The lowest BCUT2D eigenvalue weighted by atomic mass is 9.98. The fourth-order valence-electron chi connectivity index (χ4n) is 4.50. The van der Waals surface area contributed by atoms with E-state index < -0.39 is 0 Å². The first-order valence-corrected chi connectivity index (χ1v) is 10.6. The summed E-state index contributed by atoms with van der Waals surface area (Å²) in [6.07, 6.45) is 9.82. The molecule has 2 aromatic rings. The summed E-state index contributed by atoms with van der Waals surface area (Å²) >= 11 is 12.1. The van der Waals surface area contributed by atoms with Crippen molar-refractivity contribution in [3.05, 3.63) is 51.8 Å². The molecule has 2 bridgehead atoms. The van der Waals surface area contributed by atoms with Crippen molar-refractivity contribution >= 4 is 46.1 Å². The Hall–Kier alpha value is -1.95. The van der Waals surface area contributed by atoms with Gasteiger partial charge in [0.1, 0.15) is 0 Å². The fourth-order valence-corrected chi connectivity index (χ4v) is 4.84. The molecule has 1 aromatic heterocycles. The predicted molar refractivity (Wildman–Crippen MR) is 118 cm³/mol. The highest BCUT2D eigenvalue weighted by Crippen LogP contribution is 2.34. The molecule has 2 saturated heterocycles. The summed E-state index contributed by atoms with van der Waals surface area (Å²) in [7, 11) is 3.71. The van der Waals surface area contributed by atoms with Crippen LogP contribution in [0.4, 0.5) is 0 Å². The van der Waals surface area contributed by atoms with Crippen LogP contribution < -0.4 is 5.32 Å². The molecule has 4 rings (SSSR count). The molecule has 0 spiro atoms. The molecule has 2 fully saturated rings. The first kappa shape index (κ1) is 20.3. The van der Waals surface area contributed by atoms with Crippen LogP contribution in [0.15, 0.2) is 36.1 Å². The minimum atomic E-state index is -0.165. The van der Waals surface area contributed by atoms with Crippen molar-refractivity contribution in [3.63, 3.8) is 0 Å². The van der Waals surface area contributed by atoms with E-state index in [9.17, 15) is 4.79 Å². The van der Waals surface area contributed by atoms with Crippen LogP contribution in [0, 0.1) is 0 Å². The molecule has 2 aliphatic heterocycles. The Morgan fingerprint density at radius 1 is 1.21 bits per heavy atom. The van der Waals surface area contributed by atoms with Crippen LogP contribution in [0.25, 0.3) is 17.0 Å². The summed E-state index contributed by atoms with van der Waals surface area (Å²) in [6, 6.07) is 6.97. The Bertz CT molecular complexity index is 929. The maximum Gasteiger partial charge on any atom is 0.286 e. The first-order valence-electron chi connectivity index (χ1n) is 9.87. The van der Waals surface area contributed by atoms with Crippen LogP contribution in [0.2, 0.25) is 10.0 Å². The SMILES string of the molecule is CO/C(=C/C=C/c1cc2cc(Cl)c(Cl)cc2[nH]1)C(=O)NC1CC2CCC(C1)N2C. The second-order valence-corrected chi connectivity index (χ2v) is 8.68. The van der Waals surface area contributed by atoms with Gasteiger partial charge in [-0.1, -0.05) is 29.3 Å². The zero-order valence-corrected chi connectivity index (χ0v) is 18.1. The Morgan fingerprint density at radius 3 is 2.59 bits per heavy atom. The molecule has 7 heteroatoms. The molecule has 1 amide bonds. The van der Waals surface area contributed by atoms with E-state index in [1.807, 2.05) is 18.2 Å². The number of piperidine rings is 1. The number of rotatable bonds is 5. The second kappa shape index (κ2) is 8.42. The van der Waals surface area contributed by atoms with Crippen LogP contribution in [0.1, 0.15) is 31.4 Å². The van der Waals surface area contributed by atoms with Crippen molar-refractivity contribution in [3.8, 4) is 0 Å². The Kier molecular flexibility index (Phi) is 5.91. The Morgan fingerprint density at radius 2 is 1.90 bits per heavy atom. The zero-order chi connectivity index (χ0) is 20.5. The van der Waals surface area contributed by atoms with Gasteiger partial charge in [0.05, 0.1) is 17.2 Å². The topological polar surface area (TPSA) is 57.4 Å². The molecule has 0 radical (unpaired) electrons. The van der Waals surface area contributed by atoms with E-state index >= 15 is 0 Å². The minimum absolute atomic E-state index is 0.165. The summed E-state index contributed by atoms with van der Waals surface area (Å²) in [5, 5.41) is 5.15. The number of halogens is 2. The van der Waals surface area contributed by atoms with E-state index in [-0.39, 0.29) is 11.9 Å². The molecule has 5 nitrogen and oxygen atoms in total. The average molecular weight is 434 g/mol. The van der Waals surface area contributed by atoms with E-state index in [0.29, 0.717) is 27.9 Å². The van der Waals surface area contributed by atoms with Crippen molar-refractivity contribution in [1.29, 1.82) is 0 Å². The standard InChI is InChI=1S/C22H25Cl2N3O2/c1-27-16-6-7-17(27)11-15(10-16)26-22(28)21(29-2)5-3-4-14-8-13-9-18(23)19(24)12-20(13)25-14/h3-5,8-9,12,15-17,25H,6-7,10-11H2,1-2H3,(H,26,28)/b4-3+,21-5+. The number of hydrogen-bond acceptors (Lipinski definition) is 3. The lowest BCUT2D eigenvalue weighted by molar-refractivity contribution is -0.121. The number of hydrogen-bond donors (Lipinski definition) is 2. The van der Waals surface area contributed by atoms with Crippen molar-refractivity contribution in [1.82, 2.24) is 15.2 Å². The minimum Gasteiger partial charge on any atom is -0.491 e. The number of H-pyrrole nitrogens is 1. The van der Waals surface area contributed by atoms with Crippen LogP contribution in [0.3, 0.4) is 0 Å². The van der Waals surface area contributed by atoms with Crippen molar-refractivity contribution in [2.75, 3.05) is 14.2 Å². The van der Waals surface area contributed by atoms with Gasteiger partial charge in [0.15, 0.2) is 5.76 Å². The molecule has 2 unspecified atom stereocenters. The van der Waals surface area contributed by atoms with E-state index in [2.05, 4.69) is 22.2 Å². The smallest absolute Gasteiger partial charge is 0.286 e. The number of aromatic nitrogens is 1. The average Bonchev–Trinajstić information content (AvgIpc) is 3.14. The maximum atomic E-state index is 12.6. The third kappa shape index (κ3) is 4.32. The monoisotopic (exact) mass is 433 g/mol. The van der Waals surface area contributed by atoms with Gasteiger partial charge in [-0.2, -0.15) is 0 Å². The third-order valence-corrected chi connectivity index (χ3v) is 6.81. The molecule has 0 saturated carbocycles. The highest BCUT2D eigenvalue weighted by atomic mass is 35.5. The highest BCUT2D eigenvalue weighted by molar-refractivity contribution is 6.42. The van der Waals surface area contributed by atoms with E-state index in [4.69, 9.17) is 27.9 Å². The third-order valence-electron chi connectivity index (χ3n) is 6.08. The molecule has 3 heterocycles. The quantitative estimate of drug-likeness (QED) is 0.405.